The van der Waals surface area contributed by atoms with E-state index in [2.05, 4.69) is 35.9 Å². The fraction of sp³-hybridized carbons (Fsp3) is 0.387. The first-order chi connectivity index (χ1) is 21.5. The van der Waals surface area contributed by atoms with Crippen LogP contribution in [0.2, 0.25) is 0 Å². The first-order valence-corrected chi connectivity index (χ1v) is 14.5. The molecule has 1 saturated heterocycles. The minimum atomic E-state index is -4.58. The van der Waals surface area contributed by atoms with Gasteiger partial charge in [0.25, 0.3) is 5.91 Å². The number of hydrogen-bond donors (Lipinski definition) is 3. The number of rotatable bonds is 11. The summed E-state index contributed by atoms with van der Waals surface area (Å²) in [7, 11) is 5.49. The summed E-state index contributed by atoms with van der Waals surface area (Å²) >= 11 is 0. The number of nitrogens with one attached hydrogen (secondary N) is 3. The van der Waals surface area contributed by atoms with Crippen molar-refractivity contribution >= 4 is 45.8 Å². The van der Waals surface area contributed by atoms with Crippen molar-refractivity contribution in [2.45, 2.75) is 19.5 Å². The molecule has 1 fully saturated rings. The number of fused-ring (bicyclic) bond motifs is 1. The first kappa shape index (κ1) is 31.9. The van der Waals surface area contributed by atoms with Gasteiger partial charge in [-0.3, -0.25) is 4.79 Å². The predicted octanol–water partition coefficient (Wildman–Crippen LogP) is 5.19. The Morgan fingerprint density at radius 2 is 1.89 bits per heavy atom. The van der Waals surface area contributed by atoms with E-state index in [0.717, 1.165) is 30.7 Å². The smallest absolute Gasteiger partial charge is 0.381 e. The Morgan fingerprint density at radius 3 is 2.62 bits per heavy atom. The number of amides is 1. The van der Waals surface area contributed by atoms with Crippen LogP contribution in [0.3, 0.4) is 0 Å². The number of nitrogens with zero attached hydrogens (tertiary/aromatic N) is 6. The van der Waals surface area contributed by atoms with Gasteiger partial charge in [-0.05, 0) is 63.3 Å². The summed E-state index contributed by atoms with van der Waals surface area (Å²) in [4.78, 5) is 34.6. The molecule has 11 nitrogen and oxygen atoms in total. The van der Waals surface area contributed by atoms with Crippen molar-refractivity contribution in [1.29, 1.82) is 0 Å². The summed E-state index contributed by atoms with van der Waals surface area (Å²) < 4.78 is 46.7. The van der Waals surface area contributed by atoms with Gasteiger partial charge in [0.2, 0.25) is 5.95 Å². The maximum absolute atomic E-state index is 13.8. The lowest BCUT2D eigenvalue weighted by Gasteiger charge is -2.23. The fourth-order valence-corrected chi connectivity index (χ4v) is 4.79. The second-order valence-corrected chi connectivity index (χ2v) is 11.4. The van der Waals surface area contributed by atoms with E-state index in [4.69, 9.17) is 4.74 Å². The molecule has 2 aromatic heterocycles. The lowest BCUT2D eigenvalue weighted by molar-refractivity contribution is -0.137. The topological polar surface area (TPSA) is 120 Å². The van der Waals surface area contributed by atoms with E-state index >= 15 is 0 Å². The number of likely N-dealkylation sites (N-methyl/N-ethyl adjacent to an activating group) is 2. The fourth-order valence-electron chi connectivity index (χ4n) is 4.79. The molecule has 0 bridgehead atoms. The standard InChI is InChI=1S/C31H36F3N9O2/c1-19-5-6-21(29(44)39-23-12-22(31(32,33)34)13-24(14-23)43(4)9-8-42(2)3)11-25(19)40-28-27-26(37-18-38-28)16-36-30(41-27)35-15-20-7-10-45-17-20/h5-6,11-14,16,18,20H,7-10,15,17H2,1-4H3,(H,39,44)(H,35,36,41)(H,37,38,40). The van der Waals surface area contributed by atoms with Gasteiger partial charge < -0.3 is 30.5 Å². The van der Waals surface area contributed by atoms with Crippen LogP contribution in [0.1, 0.15) is 27.9 Å². The Kier molecular flexibility index (Phi) is 9.63. The zero-order valence-electron chi connectivity index (χ0n) is 25.6. The maximum Gasteiger partial charge on any atom is 0.416 e. The lowest BCUT2D eigenvalue weighted by Crippen LogP contribution is -2.28. The molecule has 0 radical (unpaired) electrons. The highest BCUT2D eigenvalue weighted by Gasteiger charge is 2.32. The molecule has 0 aliphatic carbocycles. The Hall–Kier alpha value is -4.56. The molecule has 1 atom stereocenters. The summed E-state index contributed by atoms with van der Waals surface area (Å²) in [6, 6.07) is 8.54. The van der Waals surface area contributed by atoms with Gasteiger partial charge in [0.1, 0.15) is 17.4 Å². The van der Waals surface area contributed by atoms with E-state index < -0.39 is 17.6 Å². The highest BCUT2D eigenvalue weighted by Crippen LogP contribution is 2.35. The van der Waals surface area contributed by atoms with Crippen LogP contribution >= 0.6 is 0 Å². The number of hydrogen-bond acceptors (Lipinski definition) is 10. The van der Waals surface area contributed by atoms with Crippen molar-refractivity contribution in [2.75, 3.05) is 74.8 Å². The minimum Gasteiger partial charge on any atom is -0.381 e. The van der Waals surface area contributed by atoms with E-state index in [1.54, 1.807) is 36.3 Å². The van der Waals surface area contributed by atoms with Gasteiger partial charge in [0, 0.05) is 61.8 Å². The third-order valence-corrected chi connectivity index (χ3v) is 7.53. The van der Waals surface area contributed by atoms with Crippen molar-refractivity contribution in [2.24, 2.45) is 5.92 Å². The summed E-state index contributed by atoms with van der Waals surface area (Å²) in [5.41, 5.74) is 2.20. The number of aryl methyl sites for hydroxylation is 1. The lowest BCUT2D eigenvalue weighted by atomic mass is 10.1. The van der Waals surface area contributed by atoms with E-state index in [1.165, 1.54) is 12.4 Å². The summed E-state index contributed by atoms with van der Waals surface area (Å²) in [6.45, 7) is 5.14. The van der Waals surface area contributed by atoms with Gasteiger partial charge >= 0.3 is 6.18 Å². The van der Waals surface area contributed by atoms with Crippen molar-refractivity contribution in [1.82, 2.24) is 24.8 Å². The highest BCUT2D eigenvalue weighted by molar-refractivity contribution is 6.05. The minimum absolute atomic E-state index is 0.0410. The van der Waals surface area contributed by atoms with Gasteiger partial charge in [-0.1, -0.05) is 6.07 Å². The molecule has 1 amide bonds. The molecule has 1 aliphatic rings. The van der Waals surface area contributed by atoms with Gasteiger partial charge in [0.15, 0.2) is 5.82 Å². The molecule has 1 unspecified atom stereocenters. The van der Waals surface area contributed by atoms with Crippen LogP contribution in [0.15, 0.2) is 48.9 Å². The van der Waals surface area contributed by atoms with Crippen LogP contribution < -0.4 is 20.9 Å². The SMILES string of the molecule is Cc1ccc(C(=O)Nc2cc(N(C)CCN(C)C)cc(C(F)(F)F)c2)cc1Nc1ncnc2cnc(NCC3CCOC3)nc12. The van der Waals surface area contributed by atoms with Crippen LogP contribution in [0, 0.1) is 12.8 Å². The molecule has 1 aliphatic heterocycles. The molecule has 4 aromatic rings. The zero-order valence-corrected chi connectivity index (χ0v) is 25.6. The van der Waals surface area contributed by atoms with Crippen LogP contribution in [0.4, 0.5) is 42.0 Å². The predicted molar refractivity (Wildman–Crippen MR) is 168 cm³/mol. The van der Waals surface area contributed by atoms with Crippen LogP contribution in [-0.4, -0.2) is 84.7 Å². The molecule has 3 heterocycles. The molecule has 0 spiro atoms. The van der Waals surface area contributed by atoms with Gasteiger partial charge in [-0.15, -0.1) is 0 Å². The Morgan fingerprint density at radius 1 is 1.07 bits per heavy atom. The molecular formula is C31H36F3N9O2. The summed E-state index contributed by atoms with van der Waals surface area (Å²) in [5.74, 6) is 0.678. The zero-order chi connectivity index (χ0) is 32.1. The molecule has 238 valence electrons. The van der Waals surface area contributed by atoms with E-state index in [-0.39, 0.29) is 11.3 Å². The molecular weight excluding hydrogens is 587 g/mol. The Labute approximate surface area is 259 Å². The van der Waals surface area contributed by atoms with Crippen molar-refractivity contribution < 1.29 is 22.7 Å². The largest absolute Gasteiger partial charge is 0.416 e. The summed E-state index contributed by atoms with van der Waals surface area (Å²) in [6.07, 6.45) is -0.601. The second-order valence-electron chi connectivity index (χ2n) is 11.4. The molecule has 2 aromatic carbocycles. The Bertz CT molecular complexity index is 1660. The Balaban J connectivity index is 1.37. The average Bonchev–Trinajstić information content (AvgIpc) is 3.53. The van der Waals surface area contributed by atoms with Crippen molar-refractivity contribution in [3.63, 3.8) is 0 Å². The monoisotopic (exact) mass is 623 g/mol. The van der Waals surface area contributed by atoms with E-state index in [9.17, 15) is 18.0 Å². The van der Waals surface area contributed by atoms with Gasteiger partial charge in [0.05, 0.1) is 18.4 Å². The van der Waals surface area contributed by atoms with E-state index in [0.29, 0.717) is 66.3 Å². The third-order valence-electron chi connectivity index (χ3n) is 7.53. The molecule has 0 saturated carbocycles. The van der Waals surface area contributed by atoms with Gasteiger partial charge in [-0.25, -0.2) is 19.9 Å². The van der Waals surface area contributed by atoms with Crippen molar-refractivity contribution in [3.05, 3.63) is 65.6 Å². The van der Waals surface area contributed by atoms with Crippen LogP contribution in [0.25, 0.3) is 11.0 Å². The third kappa shape index (κ3) is 8.13. The molecule has 45 heavy (non-hydrogen) atoms. The van der Waals surface area contributed by atoms with Crippen molar-refractivity contribution in [3.8, 4) is 0 Å². The molecule has 3 N–H and O–H groups in total. The first-order valence-electron chi connectivity index (χ1n) is 14.5. The van der Waals surface area contributed by atoms with E-state index in [1.807, 2.05) is 25.9 Å². The number of aromatic nitrogens is 4. The number of ether oxygens (including phenoxy) is 1. The normalized spacial score (nSPS) is 15.0. The van der Waals surface area contributed by atoms with Crippen LogP contribution in [0.5, 0.6) is 0 Å². The average molecular weight is 624 g/mol. The highest BCUT2D eigenvalue weighted by atomic mass is 19.4. The maximum atomic E-state index is 13.8. The summed E-state index contributed by atoms with van der Waals surface area (Å²) in [5, 5.41) is 9.15. The number of carbonyl (C=O) groups is 1. The second kappa shape index (κ2) is 13.6. The van der Waals surface area contributed by atoms with Crippen LogP contribution in [-0.2, 0) is 10.9 Å². The van der Waals surface area contributed by atoms with Gasteiger partial charge in [-0.2, -0.15) is 13.2 Å². The number of carbonyl (C=O) groups excluding carboxylic acids is 1. The number of anilines is 5. The molecule has 5 rings (SSSR count). The number of halogens is 3. The number of alkyl halides is 3. The molecule has 14 heteroatoms. The quantitative estimate of drug-likeness (QED) is 0.206. The number of benzene rings is 2.